The first kappa shape index (κ1) is 9.78. The topological polar surface area (TPSA) is 26.3 Å². The van der Waals surface area contributed by atoms with Gasteiger partial charge in [-0.05, 0) is 38.0 Å². The Hall–Kier alpha value is -1.31. The number of carbonyl (C=O) groups is 1. The van der Waals surface area contributed by atoms with Crippen molar-refractivity contribution in [3.05, 3.63) is 28.8 Å². The van der Waals surface area contributed by atoms with Crippen LogP contribution in [0.5, 0.6) is 5.75 Å². The summed E-state index contributed by atoms with van der Waals surface area (Å²) in [5.74, 6) is 0.720. The monoisotopic (exact) mass is 178 g/mol. The second-order valence-corrected chi connectivity index (χ2v) is 2.98. The van der Waals surface area contributed by atoms with Gasteiger partial charge in [0.25, 0.3) is 0 Å². The van der Waals surface area contributed by atoms with Crippen LogP contribution in [0.25, 0.3) is 0 Å². The van der Waals surface area contributed by atoms with Gasteiger partial charge in [-0.15, -0.1) is 0 Å². The Morgan fingerprint density at radius 3 is 2.62 bits per heavy atom. The molecule has 0 saturated heterocycles. The SMILES string of the molecule is CCOc1c(C=O)ccc(C)c1C. The van der Waals surface area contributed by atoms with Gasteiger partial charge in [-0.3, -0.25) is 4.79 Å². The molecule has 0 unspecified atom stereocenters. The first-order valence-corrected chi connectivity index (χ1v) is 4.38. The van der Waals surface area contributed by atoms with Gasteiger partial charge in [0, 0.05) is 0 Å². The van der Waals surface area contributed by atoms with Crippen LogP contribution in [0.4, 0.5) is 0 Å². The molecular formula is C11H14O2. The lowest BCUT2D eigenvalue weighted by Crippen LogP contribution is -1.99. The van der Waals surface area contributed by atoms with Crippen LogP contribution in [-0.2, 0) is 0 Å². The lowest BCUT2D eigenvalue weighted by Gasteiger charge is -2.11. The Morgan fingerprint density at radius 1 is 1.38 bits per heavy atom. The first-order chi connectivity index (χ1) is 6.20. The van der Waals surface area contributed by atoms with Crippen molar-refractivity contribution in [2.45, 2.75) is 20.8 Å². The molecule has 1 rings (SSSR count). The molecule has 70 valence electrons. The molecule has 0 radical (unpaired) electrons. The van der Waals surface area contributed by atoms with Crippen molar-refractivity contribution < 1.29 is 9.53 Å². The summed E-state index contributed by atoms with van der Waals surface area (Å²) >= 11 is 0. The maximum absolute atomic E-state index is 10.7. The number of ether oxygens (including phenoxy) is 1. The largest absolute Gasteiger partial charge is 0.493 e. The quantitative estimate of drug-likeness (QED) is 0.665. The van der Waals surface area contributed by atoms with E-state index in [4.69, 9.17) is 4.74 Å². The lowest BCUT2D eigenvalue weighted by molar-refractivity contribution is 0.111. The highest BCUT2D eigenvalue weighted by atomic mass is 16.5. The van der Waals surface area contributed by atoms with E-state index in [0.29, 0.717) is 12.2 Å². The Balaban J connectivity index is 3.23. The fourth-order valence-electron chi connectivity index (χ4n) is 1.24. The van der Waals surface area contributed by atoms with Crippen molar-refractivity contribution >= 4 is 6.29 Å². The minimum absolute atomic E-state index is 0.588. The lowest BCUT2D eigenvalue weighted by atomic mass is 10.1. The third-order valence-electron chi connectivity index (χ3n) is 2.12. The Bertz CT molecular complexity index is 316. The maximum Gasteiger partial charge on any atom is 0.153 e. The van der Waals surface area contributed by atoms with Gasteiger partial charge in [0.1, 0.15) is 5.75 Å². The van der Waals surface area contributed by atoms with Crippen molar-refractivity contribution in [3.8, 4) is 5.75 Å². The van der Waals surface area contributed by atoms with Crippen LogP contribution in [0.15, 0.2) is 12.1 Å². The average Bonchev–Trinajstić information content (AvgIpc) is 2.14. The molecular weight excluding hydrogens is 164 g/mol. The molecule has 0 aliphatic rings. The molecule has 2 nitrogen and oxygen atoms in total. The second kappa shape index (κ2) is 4.08. The third-order valence-corrected chi connectivity index (χ3v) is 2.12. The number of rotatable bonds is 3. The Labute approximate surface area is 78.5 Å². The van der Waals surface area contributed by atoms with Crippen molar-refractivity contribution in [2.75, 3.05) is 6.61 Å². The molecule has 0 saturated carbocycles. The smallest absolute Gasteiger partial charge is 0.153 e. The summed E-state index contributed by atoms with van der Waals surface area (Å²) < 4.78 is 5.41. The highest BCUT2D eigenvalue weighted by Crippen LogP contribution is 2.24. The minimum atomic E-state index is 0.588. The van der Waals surface area contributed by atoms with E-state index in [1.807, 2.05) is 26.8 Å². The van der Waals surface area contributed by atoms with Crippen LogP contribution in [-0.4, -0.2) is 12.9 Å². The van der Waals surface area contributed by atoms with Gasteiger partial charge in [0.05, 0.1) is 12.2 Å². The Kier molecular flexibility index (Phi) is 3.07. The van der Waals surface area contributed by atoms with Gasteiger partial charge >= 0.3 is 0 Å². The standard InChI is InChI=1S/C11H14O2/c1-4-13-11-9(3)8(2)5-6-10(11)7-12/h5-7H,4H2,1-3H3. The van der Waals surface area contributed by atoms with E-state index in [9.17, 15) is 4.79 Å². The molecule has 0 aliphatic carbocycles. The van der Waals surface area contributed by atoms with Crippen molar-refractivity contribution in [3.63, 3.8) is 0 Å². The molecule has 1 aromatic carbocycles. The van der Waals surface area contributed by atoms with E-state index in [1.54, 1.807) is 6.07 Å². The van der Waals surface area contributed by atoms with Gasteiger partial charge in [0.15, 0.2) is 6.29 Å². The fraction of sp³-hybridized carbons (Fsp3) is 0.364. The molecule has 0 amide bonds. The van der Waals surface area contributed by atoms with Gasteiger partial charge in [-0.2, -0.15) is 0 Å². The zero-order chi connectivity index (χ0) is 9.84. The number of hydrogen-bond acceptors (Lipinski definition) is 2. The maximum atomic E-state index is 10.7. The summed E-state index contributed by atoms with van der Waals surface area (Å²) in [5.41, 5.74) is 2.82. The molecule has 0 aliphatic heterocycles. The number of carbonyl (C=O) groups excluding carboxylic acids is 1. The third kappa shape index (κ3) is 1.89. The van der Waals surface area contributed by atoms with Crippen LogP contribution in [0.3, 0.4) is 0 Å². The average molecular weight is 178 g/mol. The van der Waals surface area contributed by atoms with E-state index in [2.05, 4.69) is 0 Å². The van der Waals surface area contributed by atoms with Crippen LogP contribution in [0.1, 0.15) is 28.4 Å². The predicted octanol–water partition coefficient (Wildman–Crippen LogP) is 2.51. The summed E-state index contributed by atoms with van der Waals surface area (Å²) in [5, 5.41) is 0. The van der Waals surface area contributed by atoms with Gasteiger partial charge in [-0.25, -0.2) is 0 Å². The zero-order valence-electron chi connectivity index (χ0n) is 8.26. The molecule has 0 heterocycles. The van der Waals surface area contributed by atoms with Crippen LogP contribution >= 0.6 is 0 Å². The van der Waals surface area contributed by atoms with Crippen LogP contribution in [0, 0.1) is 13.8 Å². The zero-order valence-corrected chi connectivity index (χ0v) is 8.26. The second-order valence-electron chi connectivity index (χ2n) is 2.98. The summed E-state index contributed by atoms with van der Waals surface area (Å²) in [6.07, 6.45) is 0.831. The first-order valence-electron chi connectivity index (χ1n) is 4.38. The van der Waals surface area contributed by atoms with E-state index in [-0.39, 0.29) is 0 Å². The van der Waals surface area contributed by atoms with Crippen LogP contribution in [0.2, 0.25) is 0 Å². The molecule has 13 heavy (non-hydrogen) atoms. The summed E-state index contributed by atoms with van der Waals surface area (Å²) in [7, 11) is 0. The molecule has 0 bridgehead atoms. The highest BCUT2D eigenvalue weighted by molar-refractivity contribution is 5.80. The molecule has 0 fully saturated rings. The van der Waals surface area contributed by atoms with Gasteiger partial charge in [0.2, 0.25) is 0 Å². The van der Waals surface area contributed by atoms with Crippen LogP contribution < -0.4 is 4.74 Å². The van der Waals surface area contributed by atoms with Gasteiger partial charge in [-0.1, -0.05) is 6.07 Å². The summed E-state index contributed by atoms with van der Waals surface area (Å²) in [4.78, 5) is 10.7. The van der Waals surface area contributed by atoms with Crippen molar-refractivity contribution in [2.24, 2.45) is 0 Å². The summed E-state index contributed by atoms with van der Waals surface area (Å²) in [6, 6.07) is 3.72. The fourth-order valence-corrected chi connectivity index (χ4v) is 1.24. The molecule has 0 aromatic heterocycles. The molecule has 1 aromatic rings. The number of hydrogen-bond donors (Lipinski definition) is 0. The molecule has 0 N–H and O–H groups in total. The highest BCUT2D eigenvalue weighted by Gasteiger charge is 2.07. The molecule has 0 spiro atoms. The normalized spacial score (nSPS) is 9.77. The minimum Gasteiger partial charge on any atom is -0.493 e. The van der Waals surface area contributed by atoms with E-state index in [0.717, 1.165) is 23.2 Å². The predicted molar refractivity (Wildman–Crippen MR) is 52.5 cm³/mol. The summed E-state index contributed by atoms with van der Waals surface area (Å²) in [6.45, 7) is 6.47. The molecule has 2 heteroatoms. The molecule has 0 atom stereocenters. The van der Waals surface area contributed by atoms with Crippen molar-refractivity contribution in [1.82, 2.24) is 0 Å². The van der Waals surface area contributed by atoms with E-state index in [1.165, 1.54) is 0 Å². The van der Waals surface area contributed by atoms with E-state index >= 15 is 0 Å². The number of aldehydes is 1. The van der Waals surface area contributed by atoms with Crippen molar-refractivity contribution in [1.29, 1.82) is 0 Å². The van der Waals surface area contributed by atoms with Gasteiger partial charge < -0.3 is 4.74 Å². The van der Waals surface area contributed by atoms with E-state index < -0.39 is 0 Å². The number of benzene rings is 1. The Morgan fingerprint density at radius 2 is 2.08 bits per heavy atom. The number of aryl methyl sites for hydroxylation is 1.